The molecule has 0 spiro atoms. The van der Waals surface area contributed by atoms with Gasteiger partial charge in [-0.3, -0.25) is 14.9 Å². The first-order valence-electron chi connectivity index (χ1n) is 11.1. The molecule has 0 saturated carbocycles. The summed E-state index contributed by atoms with van der Waals surface area (Å²) >= 11 is 7.00. The minimum Gasteiger partial charge on any atom is -0.487 e. The summed E-state index contributed by atoms with van der Waals surface area (Å²) < 4.78 is 20.6. The van der Waals surface area contributed by atoms with Gasteiger partial charge in [0.05, 0.1) is 14.6 Å². The van der Waals surface area contributed by atoms with E-state index in [9.17, 15) is 18.8 Å². The Kier molecular flexibility index (Phi) is 6.90. The summed E-state index contributed by atoms with van der Waals surface area (Å²) in [6.45, 7) is 0.331. The van der Waals surface area contributed by atoms with Crippen LogP contribution in [0, 0.1) is 5.82 Å². The number of urea groups is 1. The molecule has 0 atom stereocenters. The van der Waals surface area contributed by atoms with Crippen LogP contribution >= 0.6 is 31.9 Å². The standard InChI is InChI=1S/C28H17Br2FN2O4/c29-23-13-17(12-22-26(34)32-28(36)33(27(22)35)21-9-7-20(31)8-10-21)14-24(30)25(23)37-15-16-5-6-18-3-1-2-4-19(18)11-16/h1-14H,15H2,(H,32,34,36)/b22-12+. The Labute approximate surface area is 228 Å². The van der Waals surface area contributed by atoms with Crippen molar-refractivity contribution in [3.8, 4) is 5.75 Å². The van der Waals surface area contributed by atoms with E-state index >= 15 is 0 Å². The fourth-order valence-electron chi connectivity index (χ4n) is 3.93. The number of nitrogens with one attached hydrogen (secondary N) is 1. The Hall–Kier alpha value is -3.82. The van der Waals surface area contributed by atoms with Crippen molar-refractivity contribution in [1.82, 2.24) is 5.32 Å². The lowest BCUT2D eigenvalue weighted by atomic mass is 10.1. The van der Waals surface area contributed by atoms with Crippen LogP contribution in [-0.4, -0.2) is 17.8 Å². The lowest BCUT2D eigenvalue weighted by molar-refractivity contribution is -0.122. The molecule has 37 heavy (non-hydrogen) atoms. The third kappa shape index (κ3) is 5.19. The molecule has 9 heteroatoms. The van der Waals surface area contributed by atoms with Gasteiger partial charge in [0.15, 0.2) is 0 Å². The first-order chi connectivity index (χ1) is 17.8. The predicted octanol–water partition coefficient (Wildman–Crippen LogP) is 6.75. The summed E-state index contributed by atoms with van der Waals surface area (Å²) in [7, 11) is 0. The molecule has 0 aliphatic carbocycles. The van der Waals surface area contributed by atoms with Crippen LogP contribution in [0.3, 0.4) is 0 Å². The van der Waals surface area contributed by atoms with Gasteiger partial charge in [0, 0.05) is 0 Å². The number of fused-ring (bicyclic) bond motifs is 1. The number of benzene rings is 4. The average Bonchev–Trinajstić information content (AvgIpc) is 2.87. The highest BCUT2D eigenvalue weighted by molar-refractivity contribution is 9.11. The monoisotopic (exact) mass is 622 g/mol. The van der Waals surface area contributed by atoms with E-state index in [1.807, 2.05) is 36.4 Å². The van der Waals surface area contributed by atoms with Gasteiger partial charge in [-0.2, -0.15) is 0 Å². The quantitative estimate of drug-likeness (QED) is 0.197. The Balaban J connectivity index is 1.39. The molecule has 6 nitrogen and oxygen atoms in total. The van der Waals surface area contributed by atoms with Crippen LogP contribution in [0.2, 0.25) is 0 Å². The molecule has 0 bridgehead atoms. The molecular weight excluding hydrogens is 607 g/mol. The first-order valence-corrected chi connectivity index (χ1v) is 12.7. The molecular formula is C28H17Br2FN2O4. The van der Waals surface area contributed by atoms with E-state index < -0.39 is 23.7 Å². The number of halogens is 3. The van der Waals surface area contributed by atoms with Crippen LogP contribution in [0.25, 0.3) is 16.8 Å². The van der Waals surface area contributed by atoms with Crippen LogP contribution in [-0.2, 0) is 16.2 Å². The van der Waals surface area contributed by atoms with Gasteiger partial charge in [0.25, 0.3) is 11.8 Å². The number of barbiturate groups is 1. The highest BCUT2D eigenvalue weighted by atomic mass is 79.9. The number of ether oxygens (including phenoxy) is 1. The van der Waals surface area contributed by atoms with E-state index in [-0.39, 0.29) is 11.3 Å². The fraction of sp³-hybridized carbons (Fsp3) is 0.0357. The van der Waals surface area contributed by atoms with E-state index in [1.165, 1.54) is 18.2 Å². The third-order valence-electron chi connectivity index (χ3n) is 5.72. The van der Waals surface area contributed by atoms with E-state index in [1.54, 1.807) is 12.1 Å². The van der Waals surface area contributed by atoms with Gasteiger partial charge in [0.1, 0.15) is 23.7 Å². The minimum atomic E-state index is -0.904. The van der Waals surface area contributed by atoms with Crippen molar-refractivity contribution in [3.05, 3.63) is 110 Å². The Morgan fingerprint density at radius 2 is 1.54 bits per heavy atom. The van der Waals surface area contributed by atoms with Crippen LogP contribution in [0.4, 0.5) is 14.9 Å². The first kappa shape index (κ1) is 24.9. The van der Waals surface area contributed by atoms with Gasteiger partial charge in [-0.1, -0.05) is 36.4 Å². The second kappa shape index (κ2) is 10.3. The smallest absolute Gasteiger partial charge is 0.335 e. The molecule has 1 aliphatic rings. The second-order valence-electron chi connectivity index (χ2n) is 8.22. The molecule has 0 unspecified atom stereocenters. The van der Waals surface area contributed by atoms with Gasteiger partial charge in [0.2, 0.25) is 0 Å². The molecule has 4 aromatic rings. The molecule has 1 saturated heterocycles. The molecule has 1 aliphatic heterocycles. The SMILES string of the molecule is O=C1NC(=O)N(c2ccc(F)cc2)C(=O)/C1=C/c1cc(Br)c(OCc2ccc3ccccc3c2)c(Br)c1. The highest BCUT2D eigenvalue weighted by Crippen LogP contribution is 2.36. The van der Waals surface area contributed by atoms with Gasteiger partial charge in [-0.15, -0.1) is 0 Å². The summed E-state index contributed by atoms with van der Waals surface area (Å²) in [6, 6.07) is 21.5. The maximum absolute atomic E-state index is 13.3. The van der Waals surface area contributed by atoms with Gasteiger partial charge in [-0.05, 0) is 102 Å². The number of imide groups is 2. The van der Waals surface area contributed by atoms with Crippen LogP contribution < -0.4 is 15.0 Å². The normalized spacial score (nSPS) is 14.8. The predicted molar refractivity (Wildman–Crippen MR) is 146 cm³/mol. The van der Waals surface area contributed by atoms with Crippen molar-refractivity contribution in [2.75, 3.05) is 4.90 Å². The fourth-order valence-corrected chi connectivity index (χ4v) is 5.38. The van der Waals surface area contributed by atoms with Crippen LogP contribution in [0.5, 0.6) is 5.75 Å². The van der Waals surface area contributed by atoms with Crippen LogP contribution in [0.1, 0.15) is 11.1 Å². The highest BCUT2D eigenvalue weighted by Gasteiger charge is 2.36. The summed E-state index contributed by atoms with van der Waals surface area (Å²) in [4.78, 5) is 38.7. The number of hydrogen-bond donors (Lipinski definition) is 1. The summed E-state index contributed by atoms with van der Waals surface area (Å²) in [6.07, 6.45) is 1.38. The lowest BCUT2D eigenvalue weighted by Gasteiger charge is -2.26. The summed E-state index contributed by atoms with van der Waals surface area (Å²) in [5, 5.41) is 4.42. The molecule has 1 N–H and O–H groups in total. The zero-order valence-electron chi connectivity index (χ0n) is 19.0. The molecule has 184 valence electrons. The van der Waals surface area contributed by atoms with Gasteiger partial charge >= 0.3 is 6.03 Å². The van der Waals surface area contributed by atoms with Crippen molar-refractivity contribution in [1.29, 1.82) is 0 Å². The van der Waals surface area contributed by atoms with E-state index in [0.29, 0.717) is 26.9 Å². The van der Waals surface area contributed by atoms with Gasteiger partial charge < -0.3 is 4.74 Å². The zero-order valence-corrected chi connectivity index (χ0v) is 22.2. The van der Waals surface area contributed by atoms with E-state index in [0.717, 1.165) is 33.4 Å². The maximum Gasteiger partial charge on any atom is 0.335 e. The summed E-state index contributed by atoms with van der Waals surface area (Å²) in [5.74, 6) is -1.60. The molecule has 5 rings (SSSR count). The Morgan fingerprint density at radius 1 is 0.865 bits per heavy atom. The molecule has 1 heterocycles. The van der Waals surface area contributed by atoms with Crippen LogP contribution in [0.15, 0.2) is 93.4 Å². The van der Waals surface area contributed by atoms with Crippen molar-refractivity contribution in [2.45, 2.75) is 6.61 Å². The van der Waals surface area contributed by atoms with E-state index in [4.69, 9.17) is 4.74 Å². The topological polar surface area (TPSA) is 75.7 Å². The molecule has 1 fully saturated rings. The lowest BCUT2D eigenvalue weighted by Crippen LogP contribution is -2.54. The number of carbonyl (C=O) groups is 3. The number of amides is 4. The Bertz CT molecular complexity index is 1580. The summed E-state index contributed by atoms with van der Waals surface area (Å²) in [5.41, 5.74) is 1.41. The zero-order chi connectivity index (χ0) is 26.1. The molecule has 0 aromatic heterocycles. The van der Waals surface area contributed by atoms with Gasteiger partial charge in [-0.25, -0.2) is 14.1 Å². The van der Waals surface area contributed by atoms with E-state index in [2.05, 4.69) is 43.2 Å². The van der Waals surface area contributed by atoms with Crippen molar-refractivity contribution < 1.29 is 23.5 Å². The number of carbonyl (C=O) groups excluding carboxylic acids is 3. The van der Waals surface area contributed by atoms with Crippen molar-refractivity contribution in [3.63, 3.8) is 0 Å². The van der Waals surface area contributed by atoms with Crippen molar-refractivity contribution in [2.24, 2.45) is 0 Å². The third-order valence-corrected chi connectivity index (χ3v) is 6.89. The molecule has 4 amide bonds. The number of rotatable bonds is 5. The Morgan fingerprint density at radius 3 is 2.24 bits per heavy atom. The number of nitrogens with zero attached hydrogens (tertiary/aromatic N) is 1. The number of hydrogen-bond acceptors (Lipinski definition) is 4. The second-order valence-corrected chi connectivity index (χ2v) is 9.93. The largest absolute Gasteiger partial charge is 0.487 e. The number of anilines is 1. The maximum atomic E-state index is 13.3. The van der Waals surface area contributed by atoms with Crippen molar-refractivity contribution >= 4 is 72.2 Å². The minimum absolute atomic E-state index is 0.141. The molecule has 4 aromatic carbocycles. The molecule has 0 radical (unpaired) electrons. The average molecular weight is 624 g/mol.